The van der Waals surface area contributed by atoms with Crippen molar-refractivity contribution < 1.29 is 33.8 Å². The van der Waals surface area contributed by atoms with Crippen molar-refractivity contribution in [3.05, 3.63) is 131 Å². The molecule has 0 spiro atoms. The SMILES string of the molecule is CC(C)C[C@@]1(C2=CN[C@@](Cc3ccccc3)(C[C@H](O)C(Cc3ccccc3)NC(=O)OC3CCOC3)C2=O)NC=C([C@@H](Cc2ccccc2)C(=O)NC(C)(C)C)C1=O. The molecule has 3 heterocycles. The summed E-state index contributed by atoms with van der Waals surface area (Å²) >= 11 is 0. The van der Waals surface area contributed by atoms with Gasteiger partial charge in [-0.3, -0.25) is 14.4 Å². The molecule has 6 rings (SSSR count). The van der Waals surface area contributed by atoms with Crippen molar-refractivity contribution in [2.45, 2.75) is 108 Å². The van der Waals surface area contributed by atoms with Gasteiger partial charge in [-0.1, -0.05) is 105 Å². The highest BCUT2D eigenvalue weighted by molar-refractivity contribution is 6.19. The van der Waals surface area contributed by atoms with Crippen LogP contribution in [0.25, 0.3) is 0 Å². The predicted octanol–water partition coefficient (Wildman–Crippen LogP) is 5.52. The van der Waals surface area contributed by atoms with E-state index in [0.29, 0.717) is 31.6 Å². The summed E-state index contributed by atoms with van der Waals surface area (Å²) in [4.78, 5) is 57.7. The zero-order valence-electron chi connectivity index (χ0n) is 34.3. The van der Waals surface area contributed by atoms with Crippen LogP contribution >= 0.6 is 0 Å². The fourth-order valence-corrected chi connectivity index (χ4v) is 8.37. The number of carbonyl (C=O) groups is 4. The van der Waals surface area contributed by atoms with Gasteiger partial charge in [-0.25, -0.2) is 4.79 Å². The zero-order valence-corrected chi connectivity index (χ0v) is 34.3. The molecule has 3 aliphatic heterocycles. The Bertz CT molecular complexity index is 1970. The van der Waals surface area contributed by atoms with Gasteiger partial charge in [0.1, 0.15) is 17.2 Å². The summed E-state index contributed by atoms with van der Waals surface area (Å²) in [6.45, 7) is 10.5. The van der Waals surface area contributed by atoms with Gasteiger partial charge >= 0.3 is 6.09 Å². The van der Waals surface area contributed by atoms with E-state index in [9.17, 15) is 14.7 Å². The first-order valence-electron chi connectivity index (χ1n) is 20.4. The number of hydrogen-bond acceptors (Lipinski definition) is 9. The predicted molar refractivity (Wildman–Crippen MR) is 222 cm³/mol. The second-order valence-electron chi connectivity index (χ2n) is 17.4. The molecule has 3 aromatic carbocycles. The molecule has 308 valence electrons. The molecule has 3 aliphatic rings. The summed E-state index contributed by atoms with van der Waals surface area (Å²) in [5.41, 5.74) is -0.226. The number of aliphatic hydroxyl groups excluding tert-OH is 1. The van der Waals surface area contributed by atoms with E-state index >= 15 is 9.59 Å². The van der Waals surface area contributed by atoms with Gasteiger partial charge in [-0.05, 0) is 62.6 Å². The first-order chi connectivity index (χ1) is 27.7. The molecule has 0 saturated carbocycles. The van der Waals surface area contributed by atoms with Gasteiger partial charge in [-0.15, -0.1) is 0 Å². The first-order valence-corrected chi connectivity index (χ1v) is 20.4. The molecule has 11 nitrogen and oxygen atoms in total. The van der Waals surface area contributed by atoms with Crippen LogP contribution in [0.15, 0.2) is 115 Å². The Morgan fingerprint density at radius 2 is 1.45 bits per heavy atom. The fourth-order valence-electron chi connectivity index (χ4n) is 8.37. The maximum Gasteiger partial charge on any atom is 0.407 e. The number of Topliss-reactive ketones (excluding diaryl/α,β-unsaturated/α-hetero) is 2. The molecular formula is C47H58N4O7. The third-order valence-electron chi connectivity index (χ3n) is 11.1. The Morgan fingerprint density at radius 3 is 2.02 bits per heavy atom. The average Bonchev–Trinajstić information content (AvgIpc) is 3.89. The summed E-state index contributed by atoms with van der Waals surface area (Å²) in [5, 5.41) is 24.9. The summed E-state index contributed by atoms with van der Waals surface area (Å²) in [6.07, 6.45) is 2.50. The van der Waals surface area contributed by atoms with Crippen molar-refractivity contribution in [2.75, 3.05) is 13.2 Å². The van der Waals surface area contributed by atoms with E-state index in [1.165, 1.54) is 0 Å². The van der Waals surface area contributed by atoms with E-state index in [0.717, 1.165) is 16.7 Å². The lowest BCUT2D eigenvalue weighted by atomic mass is 9.71. The van der Waals surface area contributed by atoms with Crippen LogP contribution in [-0.4, -0.2) is 76.8 Å². The minimum Gasteiger partial charge on any atom is -0.444 e. The standard InChI is InChI=1S/C47H58N4O7/c1-31(2)25-47(41(53)37(28-49-47)36(43(55)51-45(3,4)5)23-32-15-9-6-10-16-32)38-29-48-46(42(38)54,26-34-19-13-8-14-20-34)27-40(52)39(24-33-17-11-7-12-18-33)50-44(56)58-35-21-22-57-30-35/h6-20,28-29,31,35-36,39-40,48-49,52H,21-27,30H2,1-5H3,(H,50,56)(H,51,55)/t35?,36-,39?,40+,46+,47+/m1/s1. The highest BCUT2D eigenvalue weighted by Crippen LogP contribution is 2.42. The van der Waals surface area contributed by atoms with E-state index in [4.69, 9.17) is 9.47 Å². The number of hydrogen-bond donors (Lipinski definition) is 5. The Morgan fingerprint density at radius 1 is 0.845 bits per heavy atom. The minimum atomic E-state index is -1.47. The largest absolute Gasteiger partial charge is 0.444 e. The number of nitrogens with one attached hydrogen (secondary N) is 4. The molecule has 0 aliphatic carbocycles. The van der Waals surface area contributed by atoms with Gasteiger partial charge in [0.25, 0.3) is 0 Å². The van der Waals surface area contributed by atoms with Gasteiger partial charge in [0.05, 0.1) is 31.3 Å². The molecule has 1 saturated heterocycles. The van der Waals surface area contributed by atoms with Crippen LogP contribution in [0.5, 0.6) is 0 Å². The molecule has 5 N–H and O–H groups in total. The molecule has 0 radical (unpaired) electrons. The Balaban J connectivity index is 1.33. The summed E-state index contributed by atoms with van der Waals surface area (Å²) in [5.74, 6) is -1.79. The second kappa shape index (κ2) is 18.1. The molecule has 3 aromatic rings. The third-order valence-corrected chi connectivity index (χ3v) is 11.1. The van der Waals surface area contributed by atoms with Gasteiger partial charge < -0.3 is 35.8 Å². The molecule has 1 fully saturated rings. The summed E-state index contributed by atoms with van der Waals surface area (Å²) in [6, 6.07) is 27.8. The van der Waals surface area contributed by atoms with Crippen LogP contribution in [0.3, 0.4) is 0 Å². The molecule has 2 amide bonds. The van der Waals surface area contributed by atoms with Crippen molar-refractivity contribution in [1.82, 2.24) is 21.3 Å². The van der Waals surface area contributed by atoms with Crippen LogP contribution < -0.4 is 21.3 Å². The topological polar surface area (TPSA) is 155 Å². The smallest absolute Gasteiger partial charge is 0.407 e. The fraction of sp³-hybridized carbons (Fsp3) is 0.447. The van der Waals surface area contributed by atoms with Gasteiger partial charge in [0, 0.05) is 48.3 Å². The van der Waals surface area contributed by atoms with Crippen molar-refractivity contribution >= 4 is 23.6 Å². The van der Waals surface area contributed by atoms with E-state index in [1.807, 2.05) is 126 Å². The minimum absolute atomic E-state index is 0.0284. The van der Waals surface area contributed by atoms with E-state index in [-0.39, 0.29) is 60.8 Å². The number of carbonyl (C=O) groups excluding carboxylic acids is 4. The van der Waals surface area contributed by atoms with Crippen LogP contribution in [-0.2, 0) is 43.1 Å². The van der Waals surface area contributed by atoms with E-state index in [2.05, 4.69) is 21.3 Å². The first kappa shape index (κ1) is 42.3. The average molecular weight is 791 g/mol. The summed E-state index contributed by atoms with van der Waals surface area (Å²) < 4.78 is 11.0. The normalized spacial score (nSPS) is 23.3. The van der Waals surface area contributed by atoms with Crippen LogP contribution in [0.4, 0.5) is 4.79 Å². The quantitative estimate of drug-likeness (QED) is 0.126. The monoisotopic (exact) mass is 790 g/mol. The molecule has 11 heteroatoms. The van der Waals surface area contributed by atoms with Crippen LogP contribution in [0, 0.1) is 11.8 Å². The highest BCUT2D eigenvalue weighted by Gasteiger charge is 2.57. The lowest BCUT2D eigenvalue weighted by Crippen LogP contribution is -2.57. The van der Waals surface area contributed by atoms with E-state index < -0.39 is 40.8 Å². The molecule has 0 aromatic heterocycles. The maximum atomic E-state index is 15.3. The maximum absolute atomic E-state index is 15.3. The second-order valence-corrected chi connectivity index (χ2v) is 17.4. The van der Waals surface area contributed by atoms with Crippen molar-refractivity contribution in [3.63, 3.8) is 0 Å². The number of amides is 2. The molecule has 0 bridgehead atoms. The van der Waals surface area contributed by atoms with Crippen molar-refractivity contribution in [1.29, 1.82) is 0 Å². The molecule has 58 heavy (non-hydrogen) atoms. The Kier molecular flexibility index (Phi) is 13.2. The van der Waals surface area contributed by atoms with Crippen LogP contribution in [0.1, 0.15) is 70.6 Å². The number of ether oxygens (including phenoxy) is 2. The summed E-state index contributed by atoms with van der Waals surface area (Å²) in [7, 11) is 0. The number of alkyl carbamates (subject to hydrolysis) is 1. The van der Waals surface area contributed by atoms with E-state index in [1.54, 1.807) is 12.4 Å². The van der Waals surface area contributed by atoms with Gasteiger partial charge in [0.2, 0.25) is 5.91 Å². The number of aliphatic hydroxyl groups is 1. The molecular weight excluding hydrogens is 733 g/mol. The third kappa shape index (κ3) is 10.1. The van der Waals surface area contributed by atoms with Gasteiger partial charge in [-0.2, -0.15) is 0 Å². The number of ketones is 2. The Labute approximate surface area is 342 Å². The number of rotatable bonds is 16. The highest BCUT2D eigenvalue weighted by atomic mass is 16.6. The lowest BCUT2D eigenvalue weighted by molar-refractivity contribution is -0.128. The van der Waals surface area contributed by atoms with Crippen LogP contribution in [0.2, 0.25) is 0 Å². The lowest BCUT2D eigenvalue weighted by Gasteiger charge is -2.37. The van der Waals surface area contributed by atoms with Crippen molar-refractivity contribution in [3.8, 4) is 0 Å². The molecule has 2 unspecified atom stereocenters. The van der Waals surface area contributed by atoms with Crippen molar-refractivity contribution in [2.24, 2.45) is 11.8 Å². The van der Waals surface area contributed by atoms with Gasteiger partial charge in [0.15, 0.2) is 11.6 Å². The number of benzene rings is 3. The Hall–Kier alpha value is -5.26. The zero-order chi connectivity index (χ0) is 41.5. The molecule has 6 atom stereocenters.